The molecule has 5 rings (SSSR count). The Balaban J connectivity index is 0.771. The monoisotopic (exact) mass is 1070 g/mol. The Morgan fingerprint density at radius 2 is 1.41 bits per heavy atom. The summed E-state index contributed by atoms with van der Waals surface area (Å²) in [6.07, 6.45) is 12.0. The molecule has 0 aliphatic carbocycles. The average molecular weight is 1070 g/mol. The summed E-state index contributed by atoms with van der Waals surface area (Å²) >= 11 is 7.80. The summed E-state index contributed by atoms with van der Waals surface area (Å²) in [4.78, 5) is 71.5. The molecule has 3 atom stereocenters. The molecular formula is C51H73ClFN11O9S. The number of methoxy groups -OCH3 is 1. The van der Waals surface area contributed by atoms with Gasteiger partial charge in [-0.25, -0.2) is 19.2 Å². The Labute approximate surface area is 442 Å². The zero-order valence-electron chi connectivity index (χ0n) is 42.4. The first-order valence-corrected chi connectivity index (χ1v) is 26.8. The predicted molar refractivity (Wildman–Crippen MR) is 286 cm³/mol. The lowest BCUT2D eigenvalue weighted by molar-refractivity contribution is -0.123. The fourth-order valence-corrected chi connectivity index (χ4v) is 9.61. The van der Waals surface area contributed by atoms with Crippen molar-refractivity contribution in [3.63, 3.8) is 0 Å². The molecule has 2 aromatic carbocycles. The van der Waals surface area contributed by atoms with E-state index in [0.717, 1.165) is 50.8 Å². The van der Waals surface area contributed by atoms with Gasteiger partial charge in [-0.05, 0) is 94.9 Å². The lowest BCUT2D eigenvalue weighted by atomic mass is 10.0. The van der Waals surface area contributed by atoms with E-state index in [9.17, 15) is 28.4 Å². The van der Waals surface area contributed by atoms with Gasteiger partial charge in [0.1, 0.15) is 29.5 Å². The van der Waals surface area contributed by atoms with Crippen LogP contribution in [0.4, 0.5) is 37.9 Å². The minimum Gasteiger partial charge on any atom is -0.495 e. The smallest absolute Gasteiger partial charge is 0.315 e. The third-order valence-electron chi connectivity index (χ3n) is 11.8. The number of hydrogen-bond acceptors (Lipinski definition) is 15. The van der Waals surface area contributed by atoms with Crippen LogP contribution in [0.25, 0.3) is 0 Å². The molecule has 2 aliphatic rings. The van der Waals surface area contributed by atoms with Crippen molar-refractivity contribution in [1.29, 1.82) is 0 Å². The van der Waals surface area contributed by atoms with Gasteiger partial charge < -0.3 is 66.4 Å². The molecule has 0 bridgehead atoms. The predicted octanol–water partition coefficient (Wildman–Crippen LogP) is 6.05. The number of carbonyl (C=O) groups excluding carboxylic acids is 5. The van der Waals surface area contributed by atoms with E-state index in [4.69, 9.17) is 30.5 Å². The number of unbranched alkanes of at least 4 members (excludes halogenated alkanes) is 2. The van der Waals surface area contributed by atoms with Crippen molar-refractivity contribution in [2.24, 2.45) is 0 Å². The van der Waals surface area contributed by atoms with Crippen LogP contribution < -0.4 is 47.3 Å². The van der Waals surface area contributed by atoms with Crippen molar-refractivity contribution < 1.29 is 47.3 Å². The van der Waals surface area contributed by atoms with Crippen LogP contribution in [0.5, 0.6) is 5.75 Å². The van der Waals surface area contributed by atoms with E-state index in [1.165, 1.54) is 31.6 Å². The van der Waals surface area contributed by atoms with Crippen LogP contribution in [0.15, 0.2) is 60.9 Å². The van der Waals surface area contributed by atoms with Gasteiger partial charge in [-0.2, -0.15) is 11.8 Å². The summed E-state index contributed by atoms with van der Waals surface area (Å²) in [5, 5.41) is 24.2. The quantitative estimate of drug-likeness (QED) is 0.0186. The topological polar surface area (TPSA) is 248 Å². The maximum atomic E-state index is 13.6. The van der Waals surface area contributed by atoms with E-state index in [1.54, 1.807) is 36.4 Å². The number of halogens is 2. The van der Waals surface area contributed by atoms with Gasteiger partial charge in [0.25, 0.3) is 0 Å². The molecule has 74 heavy (non-hydrogen) atoms. The zero-order chi connectivity index (χ0) is 52.8. The number of anilines is 5. The van der Waals surface area contributed by atoms with E-state index in [-0.39, 0.29) is 59.6 Å². The maximum Gasteiger partial charge on any atom is 0.315 e. The van der Waals surface area contributed by atoms with Crippen molar-refractivity contribution in [3.05, 3.63) is 71.8 Å². The number of likely N-dealkylation sites (N-methyl/N-ethyl adjacent to an activating group) is 1. The first-order valence-electron chi connectivity index (χ1n) is 25.3. The highest BCUT2D eigenvalue weighted by molar-refractivity contribution is 8.00. The molecule has 20 nitrogen and oxygen atoms in total. The molecule has 23 heteroatoms. The molecule has 406 valence electrons. The molecule has 2 saturated heterocycles. The SMILES string of the molecule is COc1ccc(NC(=O)/C=C/CN(C)CCCCNC(=O)CCCC(=O)NCCCOCCOCCOCCCNC(=O)CCCCC2SC[C@@H]3NC(=O)N[C@H]23)cc1Nc1cc(Nc2ccc(F)c(Cl)c2)ncn1. The number of thioether (sulfide) groups is 1. The molecule has 3 heterocycles. The molecule has 6 amide bonds. The highest BCUT2D eigenvalue weighted by Crippen LogP contribution is 2.34. The third-order valence-corrected chi connectivity index (χ3v) is 13.6. The fourth-order valence-electron chi connectivity index (χ4n) is 7.88. The summed E-state index contributed by atoms with van der Waals surface area (Å²) < 4.78 is 35.8. The van der Waals surface area contributed by atoms with Crippen molar-refractivity contribution in [1.82, 2.24) is 41.5 Å². The van der Waals surface area contributed by atoms with E-state index in [0.29, 0.717) is 125 Å². The van der Waals surface area contributed by atoms with Gasteiger partial charge >= 0.3 is 6.03 Å². The molecule has 0 radical (unpaired) electrons. The second-order valence-corrected chi connectivity index (χ2v) is 19.4. The first-order chi connectivity index (χ1) is 35.9. The summed E-state index contributed by atoms with van der Waals surface area (Å²) in [6.45, 7) is 5.80. The second-order valence-electron chi connectivity index (χ2n) is 17.8. The summed E-state index contributed by atoms with van der Waals surface area (Å²) in [6, 6.07) is 11.5. The number of nitrogens with zero attached hydrogens (tertiary/aromatic N) is 3. The maximum absolute atomic E-state index is 13.6. The van der Waals surface area contributed by atoms with Gasteiger partial charge in [-0.1, -0.05) is 24.1 Å². The van der Waals surface area contributed by atoms with Crippen LogP contribution in [0.3, 0.4) is 0 Å². The molecular weight excluding hydrogens is 997 g/mol. The van der Waals surface area contributed by atoms with Gasteiger partial charge in [-0.3, -0.25) is 19.2 Å². The molecule has 0 spiro atoms. The van der Waals surface area contributed by atoms with Crippen molar-refractivity contribution in [2.45, 2.75) is 88.0 Å². The highest BCUT2D eigenvalue weighted by Gasteiger charge is 2.42. The third kappa shape index (κ3) is 23.2. The number of rotatable bonds is 37. The lowest BCUT2D eigenvalue weighted by Crippen LogP contribution is -2.36. The van der Waals surface area contributed by atoms with E-state index in [2.05, 4.69) is 57.4 Å². The Morgan fingerprint density at radius 1 is 0.770 bits per heavy atom. The average Bonchev–Trinajstić information content (AvgIpc) is 3.94. The summed E-state index contributed by atoms with van der Waals surface area (Å²) in [5.41, 5.74) is 1.65. The number of fused-ring (bicyclic) bond motifs is 1. The van der Waals surface area contributed by atoms with E-state index < -0.39 is 5.82 Å². The summed E-state index contributed by atoms with van der Waals surface area (Å²) in [5.74, 6) is 1.43. The molecule has 2 fully saturated rings. The number of benzene rings is 2. The zero-order valence-corrected chi connectivity index (χ0v) is 44.0. The van der Waals surface area contributed by atoms with Crippen LogP contribution in [0.1, 0.15) is 70.6 Å². The number of carbonyl (C=O) groups is 5. The van der Waals surface area contributed by atoms with Gasteiger partial charge in [0, 0.05) is 93.2 Å². The number of urea groups is 1. The van der Waals surface area contributed by atoms with Crippen molar-refractivity contribution in [3.8, 4) is 5.75 Å². The molecule has 0 saturated carbocycles. The van der Waals surface area contributed by atoms with E-state index in [1.807, 2.05) is 18.8 Å². The van der Waals surface area contributed by atoms with Crippen LogP contribution in [-0.4, -0.2) is 154 Å². The Hall–Kier alpha value is -5.78. The van der Waals surface area contributed by atoms with Crippen LogP contribution in [-0.2, 0) is 33.4 Å². The van der Waals surface area contributed by atoms with Crippen LogP contribution in [0.2, 0.25) is 5.02 Å². The molecule has 1 aromatic heterocycles. The number of amides is 6. The minimum atomic E-state index is -0.522. The largest absolute Gasteiger partial charge is 0.495 e. The Morgan fingerprint density at radius 3 is 2.08 bits per heavy atom. The van der Waals surface area contributed by atoms with E-state index >= 15 is 0 Å². The van der Waals surface area contributed by atoms with Crippen molar-refractivity contribution >= 4 is 81.7 Å². The minimum absolute atomic E-state index is 0.0165. The number of ether oxygens (including phenoxy) is 4. The van der Waals surface area contributed by atoms with Gasteiger partial charge in [0.15, 0.2) is 0 Å². The number of aromatic nitrogens is 2. The normalized spacial score (nSPS) is 15.9. The van der Waals surface area contributed by atoms with Gasteiger partial charge in [-0.15, -0.1) is 0 Å². The number of hydrogen-bond donors (Lipinski definition) is 8. The lowest BCUT2D eigenvalue weighted by Gasteiger charge is -2.16. The molecule has 1 unspecified atom stereocenters. The molecule has 2 aliphatic heterocycles. The van der Waals surface area contributed by atoms with Crippen LogP contribution in [0, 0.1) is 5.82 Å². The fraction of sp³-hybridized carbons (Fsp3) is 0.549. The van der Waals surface area contributed by atoms with Gasteiger partial charge in [0.05, 0.1) is 56.3 Å². The Bertz CT molecular complexity index is 2270. The standard InChI is InChI=1S/C51H73ClFN11O9S/c1-64(24-8-15-49(68)60-37-17-19-42(70-2)40(32-37)61-45-33-44(57-35-58-45)59-36-16-18-39(53)38(52)31-36)23-6-5-20-54-47(66)13-7-14-48(67)56-22-10-26-72-28-30-73-29-27-71-25-9-21-55-46(65)12-4-3-11-43-50-41(34-74-43)62-51(69)63-50/h8,15-19,31-33,35,41,43,50H,3-7,9-14,20-30,34H2,1-2H3,(H,54,66)(H,55,65)(H,56,67)(H,60,68)(H2,62,63,69)(H2,57,58,59,61)/b15-8+/t41-,43?,50-/m0/s1. The van der Waals surface area contributed by atoms with Crippen molar-refractivity contribution in [2.75, 3.05) is 108 Å². The first kappa shape index (κ1) is 59.1. The molecule has 8 N–H and O–H groups in total. The molecule has 3 aromatic rings. The Kier molecular flexibility index (Phi) is 27.1. The summed E-state index contributed by atoms with van der Waals surface area (Å²) in [7, 11) is 3.49. The second kappa shape index (κ2) is 33.9. The van der Waals surface area contributed by atoms with Crippen LogP contribution >= 0.6 is 23.4 Å². The number of nitrogens with one attached hydrogen (secondary N) is 8. The highest BCUT2D eigenvalue weighted by atomic mass is 35.5. The van der Waals surface area contributed by atoms with Gasteiger partial charge in [0.2, 0.25) is 23.6 Å².